The maximum Gasteiger partial charge on any atom is 0.256 e. The Morgan fingerprint density at radius 1 is 1.29 bits per heavy atom. The minimum Gasteiger partial charge on any atom is -0.495 e. The normalized spacial score (nSPS) is 20.4. The Balaban J connectivity index is 1.44. The number of nitrogens with zero attached hydrogens (tertiary/aromatic N) is 2. The van der Waals surface area contributed by atoms with Crippen molar-refractivity contribution in [3.05, 3.63) is 47.1 Å². The number of anilines is 2. The predicted molar refractivity (Wildman–Crippen MR) is 115 cm³/mol. The van der Waals surface area contributed by atoms with Crippen molar-refractivity contribution in [2.75, 3.05) is 30.8 Å². The fourth-order valence-electron chi connectivity index (χ4n) is 3.84. The summed E-state index contributed by atoms with van der Waals surface area (Å²) in [5, 5.41) is 9.47. The summed E-state index contributed by atoms with van der Waals surface area (Å²) >= 11 is 6.01. The first kappa shape index (κ1) is 20.9. The third kappa shape index (κ3) is 4.41. The van der Waals surface area contributed by atoms with Crippen molar-refractivity contribution in [1.82, 2.24) is 15.2 Å². The Bertz CT molecular complexity index is 1050. The summed E-state index contributed by atoms with van der Waals surface area (Å²) < 4.78 is 5.24. The Hall–Kier alpha value is -3.33. The molecular formula is C21H22ClN5O4. The maximum absolute atomic E-state index is 12.7. The topological polar surface area (TPSA) is 113 Å². The monoisotopic (exact) mass is 443 g/mol. The van der Waals surface area contributed by atoms with Crippen LogP contribution in [0.15, 0.2) is 36.5 Å². The second-order valence-corrected chi connectivity index (χ2v) is 7.96. The predicted octanol–water partition coefficient (Wildman–Crippen LogP) is 2.25. The average molecular weight is 444 g/mol. The van der Waals surface area contributed by atoms with Gasteiger partial charge in [0.15, 0.2) is 0 Å². The quantitative estimate of drug-likeness (QED) is 0.668. The molecule has 0 radical (unpaired) electrons. The number of benzene rings is 1. The SMILES string of the molecule is COc1ccc(Cl)cc1NC(=O)CN1CCC2(CCC1=O)NC(=O)c1cccnc1N2. The van der Waals surface area contributed by atoms with Gasteiger partial charge >= 0.3 is 0 Å². The molecule has 1 aromatic carbocycles. The lowest BCUT2D eigenvalue weighted by Gasteiger charge is -2.39. The number of aromatic nitrogens is 1. The van der Waals surface area contributed by atoms with Gasteiger partial charge < -0.3 is 25.6 Å². The molecule has 162 valence electrons. The lowest BCUT2D eigenvalue weighted by atomic mass is 9.97. The molecule has 1 aromatic heterocycles. The number of pyridine rings is 1. The van der Waals surface area contributed by atoms with Crippen molar-refractivity contribution in [2.45, 2.75) is 24.9 Å². The number of nitrogens with one attached hydrogen (secondary N) is 3. The minimum absolute atomic E-state index is 0.118. The number of amides is 3. The largest absolute Gasteiger partial charge is 0.495 e. The summed E-state index contributed by atoms with van der Waals surface area (Å²) in [5.74, 6) is 0.219. The number of halogens is 1. The Morgan fingerprint density at radius 2 is 2.13 bits per heavy atom. The van der Waals surface area contributed by atoms with Gasteiger partial charge in [0.1, 0.15) is 17.2 Å². The number of fused-ring (bicyclic) bond motifs is 1. The molecule has 1 unspecified atom stereocenters. The van der Waals surface area contributed by atoms with E-state index in [1.807, 2.05) is 0 Å². The molecule has 3 amide bonds. The second kappa shape index (κ2) is 8.43. The van der Waals surface area contributed by atoms with E-state index in [2.05, 4.69) is 20.9 Å². The molecule has 1 spiro atoms. The zero-order chi connectivity index (χ0) is 22.0. The molecule has 1 saturated heterocycles. The molecule has 10 heteroatoms. The average Bonchev–Trinajstić information content (AvgIpc) is 2.88. The Morgan fingerprint density at radius 3 is 2.94 bits per heavy atom. The van der Waals surface area contributed by atoms with E-state index in [1.54, 1.807) is 36.5 Å². The Kier molecular flexibility index (Phi) is 5.69. The van der Waals surface area contributed by atoms with Crippen LogP contribution in [0.2, 0.25) is 5.02 Å². The van der Waals surface area contributed by atoms with Gasteiger partial charge in [0.25, 0.3) is 5.91 Å². The first-order valence-corrected chi connectivity index (χ1v) is 10.2. The van der Waals surface area contributed by atoms with Gasteiger partial charge in [-0.3, -0.25) is 14.4 Å². The molecule has 1 fully saturated rings. The number of likely N-dealkylation sites (tertiary alicyclic amines) is 1. The zero-order valence-electron chi connectivity index (χ0n) is 16.9. The van der Waals surface area contributed by atoms with E-state index in [1.165, 1.54) is 12.0 Å². The number of hydrogen-bond donors (Lipinski definition) is 3. The molecular weight excluding hydrogens is 422 g/mol. The molecule has 1 atom stereocenters. The van der Waals surface area contributed by atoms with Crippen molar-refractivity contribution in [1.29, 1.82) is 0 Å². The standard InChI is InChI=1S/C21H22ClN5O4/c1-31-16-5-4-13(22)11-15(16)24-17(28)12-27-10-8-21(7-6-18(27)29)25-19-14(20(30)26-21)3-2-9-23-19/h2-5,9,11H,6-8,10,12H2,1H3,(H,23,25)(H,24,28)(H,26,30). The van der Waals surface area contributed by atoms with Crippen molar-refractivity contribution >= 4 is 40.8 Å². The van der Waals surface area contributed by atoms with Crippen molar-refractivity contribution in [3.63, 3.8) is 0 Å². The van der Waals surface area contributed by atoms with Crippen molar-refractivity contribution < 1.29 is 19.1 Å². The summed E-state index contributed by atoms with van der Waals surface area (Å²) in [7, 11) is 1.50. The van der Waals surface area contributed by atoms with Crippen LogP contribution in [0.4, 0.5) is 11.5 Å². The summed E-state index contributed by atoms with van der Waals surface area (Å²) in [6.07, 6.45) is 2.63. The second-order valence-electron chi connectivity index (χ2n) is 7.52. The van der Waals surface area contributed by atoms with Crippen LogP contribution in [-0.2, 0) is 9.59 Å². The smallest absolute Gasteiger partial charge is 0.256 e. The number of rotatable bonds is 4. The van der Waals surface area contributed by atoms with Crippen molar-refractivity contribution in [3.8, 4) is 5.75 Å². The van der Waals surface area contributed by atoms with Crippen LogP contribution in [0.3, 0.4) is 0 Å². The van der Waals surface area contributed by atoms with Crippen LogP contribution in [0.25, 0.3) is 0 Å². The van der Waals surface area contributed by atoms with E-state index >= 15 is 0 Å². The van der Waals surface area contributed by atoms with Crippen LogP contribution in [0.5, 0.6) is 5.75 Å². The number of hydrogen-bond acceptors (Lipinski definition) is 6. The molecule has 31 heavy (non-hydrogen) atoms. The van der Waals surface area contributed by atoms with Crippen molar-refractivity contribution in [2.24, 2.45) is 0 Å². The molecule has 2 aromatic rings. The summed E-state index contributed by atoms with van der Waals surface area (Å²) in [6, 6.07) is 8.29. The van der Waals surface area contributed by atoms with Gasteiger partial charge in [-0.15, -0.1) is 0 Å². The highest BCUT2D eigenvalue weighted by Crippen LogP contribution is 2.31. The maximum atomic E-state index is 12.7. The van der Waals surface area contributed by atoms with Crippen LogP contribution in [0.1, 0.15) is 29.6 Å². The fourth-order valence-corrected chi connectivity index (χ4v) is 4.01. The highest BCUT2D eigenvalue weighted by atomic mass is 35.5. The number of methoxy groups -OCH3 is 1. The molecule has 0 saturated carbocycles. The molecule has 3 N–H and O–H groups in total. The molecule has 2 aliphatic rings. The highest BCUT2D eigenvalue weighted by molar-refractivity contribution is 6.31. The van der Waals surface area contributed by atoms with Gasteiger partial charge in [0, 0.05) is 30.6 Å². The lowest BCUT2D eigenvalue weighted by Crippen LogP contribution is -2.58. The molecule has 0 aliphatic carbocycles. The summed E-state index contributed by atoms with van der Waals surface area (Å²) in [5.41, 5.74) is 0.119. The minimum atomic E-state index is -0.782. The van der Waals surface area contributed by atoms with Gasteiger partial charge in [0.05, 0.1) is 24.9 Å². The van der Waals surface area contributed by atoms with Crippen LogP contribution in [-0.4, -0.2) is 53.5 Å². The molecule has 2 aliphatic heterocycles. The van der Waals surface area contributed by atoms with Crippen LogP contribution < -0.4 is 20.7 Å². The van der Waals surface area contributed by atoms with E-state index in [0.717, 1.165) is 0 Å². The lowest BCUT2D eigenvalue weighted by molar-refractivity contribution is -0.134. The molecule has 4 rings (SSSR count). The first-order chi connectivity index (χ1) is 14.9. The van der Waals surface area contributed by atoms with Crippen LogP contribution >= 0.6 is 11.6 Å². The Labute approximate surface area is 184 Å². The van der Waals surface area contributed by atoms with Gasteiger partial charge in [-0.1, -0.05) is 11.6 Å². The first-order valence-electron chi connectivity index (χ1n) is 9.86. The third-order valence-electron chi connectivity index (χ3n) is 5.46. The number of carbonyl (C=O) groups excluding carboxylic acids is 3. The fraction of sp³-hybridized carbons (Fsp3) is 0.333. The zero-order valence-corrected chi connectivity index (χ0v) is 17.7. The molecule has 3 heterocycles. The van der Waals surface area contributed by atoms with Gasteiger partial charge in [-0.05, 0) is 36.8 Å². The van der Waals surface area contributed by atoms with E-state index in [4.69, 9.17) is 16.3 Å². The molecule has 9 nitrogen and oxygen atoms in total. The van der Waals surface area contributed by atoms with E-state index in [9.17, 15) is 14.4 Å². The van der Waals surface area contributed by atoms with Crippen LogP contribution in [0, 0.1) is 0 Å². The van der Waals surface area contributed by atoms with Gasteiger partial charge in [-0.2, -0.15) is 0 Å². The number of carbonyl (C=O) groups is 3. The number of ether oxygens (including phenoxy) is 1. The summed E-state index contributed by atoms with van der Waals surface area (Å²) in [6.45, 7) is 0.182. The van der Waals surface area contributed by atoms with E-state index in [0.29, 0.717) is 47.2 Å². The highest BCUT2D eigenvalue weighted by Gasteiger charge is 2.41. The van der Waals surface area contributed by atoms with E-state index in [-0.39, 0.29) is 30.7 Å². The summed E-state index contributed by atoms with van der Waals surface area (Å²) in [4.78, 5) is 43.5. The van der Waals surface area contributed by atoms with Gasteiger partial charge in [-0.25, -0.2) is 4.98 Å². The molecule has 0 bridgehead atoms. The third-order valence-corrected chi connectivity index (χ3v) is 5.69. The van der Waals surface area contributed by atoms with E-state index < -0.39 is 5.66 Å². The van der Waals surface area contributed by atoms with Gasteiger partial charge in [0.2, 0.25) is 11.8 Å².